The largest absolute Gasteiger partial charge is 0.491 e. The number of Topliss-reactive ketones (excluding diaryl/α,β-unsaturated/α-hetero) is 1. The van der Waals surface area contributed by atoms with E-state index in [9.17, 15) is 14.4 Å². The Kier molecular flexibility index (Phi) is 9.73. The minimum Gasteiger partial charge on any atom is -0.491 e. The number of carbonyl (C=O) groups is 3. The van der Waals surface area contributed by atoms with Crippen molar-refractivity contribution >= 4 is 17.7 Å². The summed E-state index contributed by atoms with van der Waals surface area (Å²) in [6.07, 6.45) is -0.266. The molecule has 2 bridgehead atoms. The Morgan fingerprint density at radius 2 is 1.21 bits per heavy atom. The van der Waals surface area contributed by atoms with Crippen molar-refractivity contribution in [2.75, 3.05) is 39.6 Å². The summed E-state index contributed by atoms with van der Waals surface area (Å²) in [5, 5.41) is 3.62. The molecule has 0 aromatic heterocycles. The molecule has 0 aliphatic carbocycles. The third-order valence-corrected chi connectivity index (χ3v) is 6.76. The fourth-order valence-electron chi connectivity index (χ4n) is 5.14. The fourth-order valence-corrected chi connectivity index (χ4v) is 5.14. The van der Waals surface area contributed by atoms with Crippen molar-refractivity contribution in [2.24, 2.45) is 11.8 Å². The van der Waals surface area contributed by atoms with Gasteiger partial charge in [0.2, 0.25) is 0 Å². The average Bonchev–Trinajstić information content (AvgIpc) is 2.91. The monoisotopic (exact) mass is 525 g/mol. The van der Waals surface area contributed by atoms with Gasteiger partial charge in [0, 0.05) is 35.0 Å². The number of hydrogen-bond acceptors (Lipinski definition) is 9. The summed E-state index contributed by atoms with van der Waals surface area (Å²) in [7, 11) is 0. The molecule has 2 aliphatic heterocycles. The first-order valence-corrected chi connectivity index (χ1v) is 13.2. The van der Waals surface area contributed by atoms with Crippen LogP contribution in [0.1, 0.15) is 49.9 Å². The molecule has 0 unspecified atom stereocenters. The lowest BCUT2D eigenvalue weighted by molar-refractivity contribution is -0.151. The Labute approximate surface area is 222 Å². The molecule has 0 saturated carbocycles. The van der Waals surface area contributed by atoms with E-state index >= 15 is 0 Å². The van der Waals surface area contributed by atoms with Gasteiger partial charge in [-0.15, -0.1) is 0 Å². The highest BCUT2D eigenvalue weighted by molar-refractivity contribution is 5.92. The van der Waals surface area contributed by atoms with Crippen LogP contribution in [0.3, 0.4) is 0 Å². The number of ketones is 1. The number of benzene rings is 2. The highest BCUT2D eigenvalue weighted by Gasteiger charge is 2.47. The molecule has 1 saturated heterocycles. The van der Waals surface area contributed by atoms with E-state index in [1.807, 2.05) is 48.5 Å². The second-order valence-electron chi connectivity index (χ2n) is 9.14. The van der Waals surface area contributed by atoms with Gasteiger partial charge in [-0.25, -0.2) is 0 Å². The number of para-hydroxylation sites is 2. The van der Waals surface area contributed by atoms with Gasteiger partial charge in [-0.3, -0.25) is 14.4 Å². The quantitative estimate of drug-likeness (QED) is 0.566. The lowest BCUT2D eigenvalue weighted by Crippen LogP contribution is -2.50. The zero-order valence-corrected chi connectivity index (χ0v) is 21.9. The third kappa shape index (κ3) is 6.52. The highest BCUT2D eigenvalue weighted by Crippen LogP contribution is 2.45. The van der Waals surface area contributed by atoms with Crippen LogP contribution in [0.4, 0.5) is 0 Å². The second-order valence-corrected chi connectivity index (χ2v) is 9.14. The number of nitrogens with one attached hydrogen (secondary N) is 1. The van der Waals surface area contributed by atoms with Crippen LogP contribution in [0.2, 0.25) is 0 Å². The normalized spacial score (nSPS) is 23.5. The molecule has 4 rings (SSSR count). The van der Waals surface area contributed by atoms with E-state index in [1.54, 1.807) is 13.8 Å². The SMILES string of the molecule is CCOC(=O)C[C@@H]1C(=O)[C@H](CC(=O)OCC)[C@@H]2N[C@@H]1c1ccccc1OCCOCCOc1ccccc12. The molecule has 2 aliphatic rings. The standard InChI is InChI=1S/C29H35NO8/c1-3-35-25(31)17-21-27-19-9-5-7-11-23(19)37-15-13-34-14-16-38-24-12-8-6-10-20(24)28(30-27)22(29(21)33)18-26(32)36-4-2/h5-12,21-22,27-28,30H,3-4,13-18H2,1-2H3/t21-,22+,27-,28-/m1/s1. The number of carbonyl (C=O) groups excluding carboxylic acids is 3. The van der Waals surface area contributed by atoms with Gasteiger partial charge in [-0.1, -0.05) is 36.4 Å². The number of rotatable bonds is 6. The smallest absolute Gasteiger partial charge is 0.306 e. The lowest BCUT2D eigenvalue weighted by Gasteiger charge is -2.42. The number of fused-ring (bicyclic) bond motifs is 6. The zero-order chi connectivity index (χ0) is 26.9. The van der Waals surface area contributed by atoms with Gasteiger partial charge < -0.3 is 29.0 Å². The molecule has 38 heavy (non-hydrogen) atoms. The Balaban J connectivity index is 1.83. The van der Waals surface area contributed by atoms with Gasteiger partial charge in [-0.05, 0) is 26.0 Å². The van der Waals surface area contributed by atoms with E-state index in [-0.39, 0.29) is 31.8 Å². The maximum absolute atomic E-state index is 14.2. The number of hydrogen-bond donors (Lipinski definition) is 1. The van der Waals surface area contributed by atoms with Crippen molar-refractivity contribution in [3.8, 4) is 11.5 Å². The van der Waals surface area contributed by atoms with E-state index in [4.69, 9.17) is 23.7 Å². The van der Waals surface area contributed by atoms with Crippen LogP contribution >= 0.6 is 0 Å². The maximum atomic E-state index is 14.2. The number of esters is 2. The zero-order valence-electron chi connectivity index (χ0n) is 21.9. The van der Waals surface area contributed by atoms with E-state index in [0.717, 1.165) is 11.1 Å². The Hall–Kier alpha value is -3.43. The Morgan fingerprint density at radius 3 is 1.66 bits per heavy atom. The van der Waals surface area contributed by atoms with Crippen LogP contribution in [0.15, 0.2) is 48.5 Å². The van der Waals surface area contributed by atoms with Crippen molar-refractivity contribution in [1.29, 1.82) is 0 Å². The van der Waals surface area contributed by atoms with Crippen LogP contribution < -0.4 is 14.8 Å². The Bertz CT molecular complexity index is 1040. The lowest BCUT2D eigenvalue weighted by atomic mass is 9.72. The molecule has 0 amide bonds. The molecular weight excluding hydrogens is 490 g/mol. The van der Waals surface area contributed by atoms with Crippen molar-refractivity contribution < 1.29 is 38.1 Å². The van der Waals surface area contributed by atoms with Gasteiger partial charge >= 0.3 is 11.9 Å². The highest BCUT2D eigenvalue weighted by atomic mass is 16.5. The van der Waals surface area contributed by atoms with Crippen LogP contribution in [0.5, 0.6) is 11.5 Å². The van der Waals surface area contributed by atoms with Gasteiger partial charge in [0.15, 0.2) is 0 Å². The summed E-state index contributed by atoms with van der Waals surface area (Å²) in [6, 6.07) is 13.7. The average molecular weight is 526 g/mol. The van der Waals surface area contributed by atoms with Crippen molar-refractivity contribution in [3.63, 3.8) is 0 Å². The van der Waals surface area contributed by atoms with Gasteiger partial charge in [-0.2, -0.15) is 0 Å². The maximum Gasteiger partial charge on any atom is 0.306 e. The van der Waals surface area contributed by atoms with Crippen molar-refractivity contribution in [3.05, 3.63) is 59.7 Å². The summed E-state index contributed by atoms with van der Waals surface area (Å²) in [5.74, 6) is -1.54. The van der Waals surface area contributed by atoms with E-state index in [2.05, 4.69) is 5.32 Å². The molecule has 1 N–H and O–H groups in total. The van der Waals surface area contributed by atoms with Crippen LogP contribution in [0.25, 0.3) is 0 Å². The van der Waals surface area contributed by atoms with Crippen molar-refractivity contribution in [1.82, 2.24) is 5.32 Å². The number of piperidine rings is 1. The third-order valence-electron chi connectivity index (χ3n) is 6.76. The Morgan fingerprint density at radius 1 is 0.763 bits per heavy atom. The predicted molar refractivity (Wildman–Crippen MR) is 138 cm³/mol. The van der Waals surface area contributed by atoms with E-state index in [1.165, 1.54) is 0 Å². The molecule has 9 heteroatoms. The van der Waals surface area contributed by atoms with Gasteiger partial charge in [0.1, 0.15) is 30.5 Å². The molecule has 9 nitrogen and oxygen atoms in total. The van der Waals surface area contributed by atoms with Crippen LogP contribution in [-0.2, 0) is 28.6 Å². The topological polar surface area (TPSA) is 109 Å². The summed E-state index contributed by atoms with van der Waals surface area (Å²) >= 11 is 0. The summed E-state index contributed by atoms with van der Waals surface area (Å²) in [4.78, 5) is 39.5. The molecular formula is C29H35NO8. The first kappa shape index (κ1) is 27.6. The molecule has 2 aromatic carbocycles. The number of ether oxygens (including phenoxy) is 5. The fraction of sp³-hybridized carbons (Fsp3) is 0.483. The van der Waals surface area contributed by atoms with E-state index < -0.39 is 35.9 Å². The first-order chi connectivity index (χ1) is 18.5. The van der Waals surface area contributed by atoms with Gasteiger partial charge in [0.05, 0.1) is 39.3 Å². The summed E-state index contributed by atoms with van der Waals surface area (Å²) in [6.45, 7) is 5.22. The second kappa shape index (κ2) is 13.4. The van der Waals surface area contributed by atoms with E-state index in [0.29, 0.717) is 37.9 Å². The molecule has 204 valence electrons. The summed E-state index contributed by atoms with van der Waals surface area (Å²) in [5.41, 5.74) is 1.48. The predicted octanol–water partition coefficient (Wildman–Crippen LogP) is 3.57. The van der Waals surface area contributed by atoms with Gasteiger partial charge in [0.25, 0.3) is 0 Å². The molecule has 0 radical (unpaired) electrons. The minimum atomic E-state index is -0.785. The minimum absolute atomic E-state index is 0.133. The molecule has 2 aromatic rings. The molecule has 4 atom stereocenters. The molecule has 2 heterocycles. The molecule has 1 fully saturated rings. The molecule has 0 spiro atoms. The first-order valence-electron chi connectivity index (χ1n) is 13.2. The van der Waals surface area contributed by atoms with Crippen molar-refractivity contribution in [2.45, 2.75) is 38.8 Å². The van der Waals surface area contributed by atoms with Crippen LogP contribution in [-0.4, -0.2) is 57.4 Å². The van der Waals surface area contributed by atoms with Crippen LogP contribution in [0, 0.1) is 11.8 Å². The summed E-state index contributed by atoms with van der Waals surface area (Å²) < 4.78 is 28.2.